The van der Waals surface area contributed by atoms with E-state index in [9.17, 15) is 0 Å². The minimum absolute atomic E-state index is 0.602. The molecule has 1 rings (SSSR count). The van der Waals surface area contributed by atoms with Crippen LogP contribution in [0.2, 0.25) is 0 Å². The fourth-order valence-electron chi connectivity index (χ4n) is 1.14. The van der Waals surface area contributed by atoms with E-state index in [-0.39, 0.29) is 0 Å². The Bertz CT molecular complexity index is 272. The molecule has 0 aromatic heterocycles. The summed E-state index contributed by atoms with van der Waals surface area (Å²) in [6.07, 6.45) is 5.94. The van der Waals surface area contributed by atoms with Crippen LogP contribution >= 0.6 is 0 Å². The summed E-state index contributed by atoms with van der Waals surface area (Å²) >= 11 is 0. The lowest BCUT2D eigenvalue weighted by Gasteiger charge is -2.04. The van der Waals surface area contributed by atoms with Crippen LogP contribution in [0, 0.1) is 12.3 Å². The number of hydrogen-bond acceptors (Lipinski definition) is 0. The Labute approximate surface area is 74.6 Å². The van der Waals surface area contributed by atoms with Gasteiger partial charge in [-0.3, -0.25) is 0 Å². The van der Waals surface area contributed by atoms with Gasteiger partial charge >= 0.3 is 0 Å². The van der Waals surface area contributed by atoms with Crippen LogP contribution in [0.25, 0.3) is 0 Å². The van der Waals surface area contributed by atoms with E-state index in [0.29, 0.717) is 5.92 Å². The summed E-state index contributed by atoms with van der Waals surface area (Å²) in [6, 6.07) is 8.51. The highest BCUT2D eigenvalue weighted by molar-refractivity contribution is 5.26. The molecule has 0 unspecified atom stereocenters. The Hall–Kier alpha value is -1.22. The molecule has 0 heterocycles. The predicted molar refractivity (Wildman–Crippen MR) is 53.1 cm³/mol. The average Bonchev–Trinajstić information content (AvgIpc) is 2.06. The second kappa shape index (κ2) is 3.97. The zero-order valence-electron chi connectivity index (χ0n) is 7.67. The van der Waals surface area contributed by atoms with Gasteiger partial charge in [0.1, 0.15) is 0 Å². The van der Waals surface area contributed by atoms with E-state index in [1.54, 1.807) is 0 Å². The van der Waals surface area contributed by atoms with Crippen molar-refractivity contribution in [2.24, 2.45) is 0 Å². The zero-order chi connectivity index (χ0) is 8.97. The molecular formula is C12H14. The van der Waals surface area contributed by atoms with Crippen molar-refractivity contribution in [3.8, 4) is 12.3 Å². The summed E-state index contributed by atoms with van der Waals surface area (Å²) in [7, 11) is 0. The number of benzene rings is 1. The maximum Gasteiger partial charge on any atom is 0.0337 e. The third-order valence-electron chi connectivity index (χ3n) is 1.95. The molecule has 0 amide bonds. The topological polar surface area (TPSA) is 0 Å². The molecule has 1 aromatic rings. The largest absolute Gasteiger partial charge is 0.120 e. The van der Waals surface area contributed by atoms with Crippen molar-refractivity contribution in [1.82, 2.24) is 0 Å². The molecule has 0 fully saturated rings. The quantitative estimate of drug-likeness (QED) is 0.580. The third kappa shape index (κ3) is 2.13. The first-order chi connectivity index (χ1) is 5.74. The van der Waals surface area contributed by atoms with Gasteiger partial charge in [-0.2, -0.15) is 0 Å². The van der Waals surface area contributed by atoms with Gasteiger partial charge in [0.2, 0.25) is 0 Å². The van der Waals surface area contributed by atoms with Gasteiger partial charge in [0.05, 0.1) is 0 Å². The van der Waals surface area contributed by atoms with Crippen molar-refractivity contribution >= 4 is 0 Å². The molecule has 0 spiro atoms. The number of rotatable bonds is 2. The van der Waals surface area contributed by atoms with E-state index >= 15 is 0 Å². The molecular weight excluding hydrogens is 144 g/mol. The normalized spacial score (nSPS) is 9.83. The maximum absolute atomic E-state index is 5.21. The first-order valence-corrected chi connectivity index (χ1v) is 4.26. The van der Waals surface area contributed by atoms with Crippen molar-refractivity contribution in [2.45, 2.75) is 26.2 Å². The van der Waals surface area contributed by atoms with E-state index in [4.69, 9.17) is 6.42 Å². The van der Waals surface area contributed by atoms with E-state index in [1.807, 2.05) is 0 Å². The first-order valence-electron chi connectivity index (χ1n) is 4.26. The predicted octanol–water partition coefficient (Wildman–Crippen LogP) is 2.99. The Morgan fingerprint density at radius 3 is 2.25 bits per heavy atom. The van der Waals surface area contributed by atoms with Crippen LogP contribution in [0.1, 0.15) is 30.9 Å². The fourth-order valence-corrected chi connectivity index (χ4v) is 1.14. The van der Waals surface area contributed by atoms with Gasteiger partial charge in [0, 0.05) is 6.42 Å². The van der Waals surface area contributed by atoms with Gasteiger partial charge in [-0.05, 0) is 17.0 Å². The maximum atomic E-state index is 5.21. The highest BCUT2D eigenvalue weighted by atomic mass is 14.0. The van der Waals surface area contributed by atoms with Crippen molar-refractivity contribution < 1.29 is 0 Å². The van der Waals surface area contributed by atoms with Crippen LogP contribution in [0.15, 0.2) is 24.3 Å². The fraction of sp³-hybridized carbons (Fsp3) is 0.333. The van der Waals surface area contributed by atoms with Crippen LogP contribution in [-0.2, 0) is 6.42 Å². The lowest BCUT2D eigenvalue weighted by atomic mass is 10.0. The highest BCUT2D eigenvalue weighted by Crippen LogP contribution is 2.14. The summed E-state index contributed by atoms with van der Waals surface area (Å²) in [4.78, 5) is 0. The number of terminal acetylenes is 1. The molecule has 0 heteroatoms. The van der Waals surface area contributed by atoms with Gasteiger partial charge in [0.25, 0.3) is 0 Å². The summed E-state index contributed by atoms with van der Waals surface area (Å²) in [6.45, 7) is 4.38. The molecule has 12 heavy (non-hydrogen) atoms. The molecule has 1 aromatic carbocycles. The van der Waals surface area contributed by atoms with E-state index in [0.717, 1.165) is 6.42 Å². The van der Waals surface area contributed by atoms with E-state index in [1.165, 1.54) is 11.1 Å². The van der Waals surface area contributed by atoms with Crippen LogP contribution in [0.4, 0.5) is 0 Å². The van der Waals surface area contributed by atoms with Crippen molar-refractivity contribution in [3.05, 3.63) is 35.4 Å². The number of hydrogen-bond donors (Lipinski definition) is 0. The van der Waals surface area contributed by atoms with Crippen LogP contribution < -0.4 is 0 Å². The van der Waals surface area contributed by atoms with Gasteiger partial charge in [-0.15, -0.1) is 12.3 Å². The van der Waals surface area contributed by atoms with Crippen molar-refractivity contribution in [1.29, 1.82) is 0 Å². The highest BCUT2D eigenvalue weighted by Gasteiger charge is 1.97. The molecule has 0 saturated heterocycles. The SMILES string of the molecule is C#CCc1ccc(C(C)C)cc1. The summed E-state index contributed by atoms with van der Waals surface area (Å²) in [5, 5.41) is 0. The standard InChI is InChI=1S/C12H14/c1-4-5-11-6-8-12(9-7-11)10(2)3/h1,6-10H,5H2,2-3H3. The molecule has 0 aliphatic carbocycles. The molecule has 0 saturated carbocycles. The smallest absolute Gasteiger partial charge is 0.0337 e. The summed E-state index contributed by atoms with van der Waals surface area (Å²) in [5.74, 6) is 3.23. The first kappa shape index (κ1) is 8.87. The molecule has 0 aliphatic rings. The second-order valence-electron chi connectivity index (χ2n) is 3.28. The minimum atomic E-state index is 0.602. The van der Waals surface area contributed by atoms with Crippen LogP contribution in [0.3, 0.4) is 0 Å². The van der Waals surface area contributed by atoms with E-state index < -0.39 is 0 Å². The Morgan fingerprint density at radius 1 is 1.25 bits per heavy atom. The molecule has 0 radical (unpaired) electrons. The Balaban J connectivity index is 2.80. The zero-order valence-corrected chi connectivity index (χ0v) is 7.67. The van der Waals surface area contributed by atoms with Gasteiger partial charge in [0.15, 0.2) is 0 Å². The third-order valence-corrected chi connectivity index (χ3v) is 1.95. The van der Waals surface area contributed by atoms with Gasteiger partial charge < -0.3 is 0 Å². The molecule has 62 valence electrons. The molecule has 0 aliphatic heterocycles. The van der Waals surface area contributed by atoms with Crippen LogP contribution in [-0.4, -0.2) is 0 Å². The van der Waals surface area contributed by atoms with E-state index in [2.05, 4.69) is 44.0 Å². The lowest BCUT2D eigenvalue weighted by molar-refractivity contribution is 0.865. The van der Waals surface area contributed by atoms with Crippen LogP contribution in [0.5, 0.6) is 0 Å². The van der Waals surface area contributed by atoms with Crippen molar-refractivity contribution in [3.63, 3.8) is 0 Å². The minimum Gasteiger partial charge on any atom is -0.120 e. The second-order valence-corrected chi connectivity index (χ2v) is 3.28. The van der Waals surface area contributed by atoms with Gasteiger partial charge in [-0.1, -0.05) is 38.1 Å². The molecule has 0 atom stereocenters. The van der Waals surface area contributed by atoms with Gasteiger partial charge in [-0.25, -0.2) is 0 Å². The molecule has 0 nitrogen and oxygen atoms in total. The molecule has 0 bridgehead atoms. The Kier molecular flexibility index (Phi) is 2.94. The lowest BCUT2D eigenvalue weighted by Crippen LogP contribution is -1.87. The average molecular weight is 158 g/mol. The van der Waals surface area contributed by atoms with Crippen molar-refractivity contribution in [2.75, 3.05) is 0 Å². The Morgan fingerprint density at radius 2 is 1.83 bits per heavy atom. The summed E-state index contributed by atoms with van der Waals surface area (Å²) < 4.78 is 0. The summed E-state index contributed by atoms with van der Waals surface area (Å²) in [5.41, 5.74) is 2.60. The monoisotopic (exact) mass is 158 g/mol. The molecule has 0 N–H and O–H groups in total.